The summed E-state index contributed by atoms with van der Waals surface area (Å²) in [6, 6.07) is 65.4. The van der Waals surface area contributed by atoms with Gasteiger partial charge < -0.3 is 4.57 Å². The highest BCUT2D eigenvalue weighted by atomic mass is 15.0. The SMILES string of the molecule is c1cc(-c2ccc(-n3c4ccccc4c4c5ccc6ccccc6c5c5ccccc5c43)c3ccccc23)c2c(c1)-c1cccc3cccc-2c13. The molecule has 234 valence electrons. The molecule has 1 nitrogen and oxygen atoms in total. The van der Waals surface area contributed by atoms with Crippen molar-refractivity contribution in [2.75, 3.05) is 0 Å². The van der Waals surface area contributed by atoms with E-state index in [1.807, 2.05) is 0 Å². The largest absolute Gasteiger partial charge is 0.308 e. The molecule has 0 N–H and O–H groups in total. The Morgan fingerprint density at radius 2 is 0.882 bits per heavy atom. The molecule has 0 amide bonds. The first-order chi connectivity index (χ1) is 25.3. The number of fused-ring (bicyclic) bond motifs is 14. The zero-order valence-electron chi connectivity index (χ0n) is 27.7. The van der Waals surface area contributed by atoms with E-state index in [9.17, 15) is 0 Å². The molecule has 51 heavy (non-hydrogen) atoms. The Hall–Kier alpha value is -6.70. The number of nitrogens with zero attached hydrogens (tertiary/aromatic N) is 1. The minimum Gasteiger partial charge on any atom is -0.308 e. The van der Waals surface area contributed by atoms with E-state index in [-0.39, 0.29) is 0 Å². The van der Waals surface area contributed by atoms with E-state index >= 15 is 0 Å². The Balaban J connectivity index is 1.20. The summed E-state index contributed by atoms with van der Waals surface area (Å²) in [6.45, 7) is 0. The molecule has 0 aliphatic heterocycles. The molecular formula is C50H29N. The Bertz CT molecular complexity index is 3300. The molecule has 1 aromatic heterocycles. The number of para-hydroxylation sites is 1. The number of hydrogen-bond acceptors (Lipinski definition) is 0. The zero-order valence-corrected chi connectivity index (χ0v) is 27.7. The topological polar surface area (TPSA) is 4.93 Å². The molecule has 0 saturated carbocycles. The first kappa shape index (κ1) is 27.2. The van der Waals surface area contributed by atoms with Gasteiger partial charge in [0.1, 0.15) is 0 Å². The molecule has 0 atom stereocenters. The normalized spacial score (nSPS) is 12.3. The van der Waals surface area contributed by atoms with Crippen LogP contribution in [0.25, 0.3) is 115 Å². The molecule has 12 rings (SSSR count). The quantitative estimate of drug-likeness (QED) is 0.165. The van der Waals surface area contributed by atoms with E-state index in [1.54, 1.807) is 0 Å². The van der Waals surface area contributed by atoms with Crippen molar-refractivity contribution < 1.29 is 0 Å². The molecule has 1 heterocycles. The average molecular weight is 644 g/mol. The van der Waals surface area contributed by atoms with Crippen LogP contribution in [0.15, 0.2) is 176 Å². The van der Waals surface area contributed by atoms with E-state index in [0.717, 1.165) is 0 Å². The Kier molecular flexibility index (Phi) is 5.29. The molecule has 11 aromatic rings. The summed E-state index contributed by atoms with van der Waals surface area (Å²) in [5, 5.41) is 15.5. The van der Waals surface area contributed by atoms with Crippen molar-refractivity contribution in [3.8, 4) is 39.1 Å². The monoisotopic (exact) mass is 643 g/mol. The van der Waals surface area contributed by atoms with E-state index in [0.29, 0.717) is 0 Å². The molecule has 0 fully saturated rings. The van der Waals surface area contributed by atoms with Crippen molar-refractivity contribution in [3.63, 3.8) is 0 Å². The van der Waals surface area contributed by atoms with Gasteiger partial charge in [0.15, 0.2) is 0 Å². The van der Waals surface area contributed by atoms with Crippen LogP contribution in [0.2, 0.25) is 0 Å². The van der Waals surface area contributed by atoms with Gasteiger partial charge in [0, 0.05) is 21.5 Å². The Morgan fingerprint density at radius 3 is 1.73 bits per heavy atom. The summed E-state index contributed by atoms with van der Waals surface area (Å²) in [5.41, 5.74) is 11.5. The second-order valence-electron chi connectivity index (χ2n) is 13.9. The lowest BCUT2D eigenvalue weighted by atomic mass is 9.90. The van der Waals surface area contributed by atoms with Crippen LogP contribution >= 0.6 is 0 Å². The van der Waals surface area contributed by atoms with Gasteiger partial charge in [-0.05, 0) is 88.6 Å². The highest BCUT2D eigenvalue weighted by Gasteiger charge is 2.26. The van der Waals surface area contributed by atoms with Crippen LogP contribution in [0.5, 0.6) is 0 Å². The standard InChI is InChI=1S/C50H29N/c1-2-15-32-30(12-1)26-27-43-47(32)39-18-5-6-19-40(39)50-49(43)41-20-7-8-25-44(41)51(50)45-29-28-34(33-16-3-4-17-35(33)45)36-22-11-23-38-37-21-9-13-31-14-10-24-42(46(31)37)48(36)38/h1-29H. The number of aromatic nitrogens is 1. The van der Waals surface area contributed by atoms with Crippen LogP contribution in [0.3, 0.4) is 0 Å². The third-order valence-corrected chi connectivity index (χ3v) is 11.5. The molecule has 10 aromatic carbocycles. The lowest BCUT2D eigenvalue weighted by Gasteiger charge is -2.18. The highest BCUT2D eigenvalue weighted by molar-refractivity contribution is 6.36. The maximum absolute atomic E-state index is 2.54. The first-order valence-corrected chi connectivity index (χ1v) is 17.8. The van der Waals surface area contributed by atoms with Gasteiger partial charge in [0.05, 0.1) is 16.7 Å². The fourth-order valence-electron chi connectivity index (χ4n) is 9.47. The van der Waals surface area contributed by atoms with E-state index in [2.05, 4.69) is 180 Å². The fraction of sp³-hybridized carbons (Fsp3) is 0. The zero-order chi connectivity index (χ0) is 33.2. The lowest BCUT2D eigenvalue weighted by Crippen LogP contribution is -1.97. The van der Waals surface area contributed by atoms with E-state index in [4.69, 9.17) is 0 Å². The molecule has 0 unspecified atom stereocenters. The molecule has 1 heteroatoms. The van der Waals surface area contributed by atoms with Gasteiger partial charge in [0.2, 0.25) is 0 Å². The van der Waals surface area contributed by atoms with Crippen molar-refractivity contribution in [2.45, 2.75) is 0 Å². The predicted molar refractivity (Wildman–Crippen MR) is 218 cm³/mol. The molecule has 0 radical (unpaired) electrons. The maximum Gasteiger partial charge on any atom is 0.0626 e. The van der Waals surface area contributed by atoms with Crippen LogP contribution in [0.1, 0.15) is 0 Å². The predicted octanol–water partition coefficient (Wildman–Crippen LogP) is 13.9. The first-order valence-electron chi connectivity index (χ1n) is 17.8. The van der Waals surface area contributed by atoms with Crippen molar-refractivity contribution in [1.29, 1.82) is 0 Å². The number of rotatable bonds is 2. The lowest BCUT2D eigenvalue weighted by molar-refractivity contribution is 1.20. The van der Waals surface area contributed by atoms with Crippen LogP contribution in [-0.2, 0) is 0 Å². The maximum atomic E-state index is 2.54. The Labute approximate surface area is 294 Å². The molecule has 0 spiro atoms. The van der Waals surface area contributed by atoms with Crippen molar-refractivity contribution >= 4 is 75.7 Å². The molecule has 1 aliphatic carbocycles. The third kappa shape index (κ3) is 3.50. The molecular weight excluding hydrogens is 615 g/mol. The summed E-state index contributed by atoms with van der Waals surface area (Å²) < 4.78 is 2.54. The minimum atomic E-state index is 1.20. The van der Waals surface area contributed by atoms with Gasteiger partial charge in [-0.2, -0.15) is 0 Å². The van der Waals surface area contributed by atoms with Gasteiger partial charge in [-0.25, -0.2) is 0 Å². The van der Waals surface area contributed by atoms with E-state index in [1.165, 1.54) is 115 Å². The summed E-state index contributed by atoms with van der Waals surface area (Å²) in [4.78, 5) is 0. The smallest absolute Gasteiger partial charge is 0.0626 e. The van der Waals surface area contributed by atoms with Gasteiger partial charge >= 0.3 is 0 Å². The second-order valence-corrected chi connectivity index (χ2v) is 13.9. The van der Waals surface area contributed by atoms with Gasteiger partial charge in [0.25, 0.3) is 0 Å². The summed E-state index contributed by atoms with van der Waals surface area (Å²) in [7, 11) is 0. The van der Waals surface area contributed by atoms with Gasteiger partial charge in [-0.3, -0.25) is 0 Å². The van der Waals surface area contributed by atoms with Crippen LogP contribution in [0.4, 0.5) is 0 Å². The summed E-state index contributed by atoms with van der Waals surface area (Å²) in [6.07, 6.45) is 0. The van der Waals surface area contributed by atoms with E-state index < -0.39 is 0 Å². The minimum absolute atomic E-state index is 1.20. The number of benzene rings is 10. The average Bonchev–Trinajstić information content (AvgIpc) is 3.72. The summed E-state index contributed by atoms with van der Waals surface area (Å²) in [5.74, 6) is 0. The third-order valence-electron chi connectivity index (χ3n) is 11.5. The van der Waals surface area contributed by atoms with Gasteiger partial charge in [-0.15, -0.1) is 0 Å². The number of hydrogen-bond donors (Lipinski definition) is 0. The van der Waals surface area contributed by atoms with Crippen molar-refractivity contribution in [1.82, 2.24) is 4.57 Å². The van der Waals surface area contributed by atoms with Crippen LogP contribution < -0.4 is 0 Å². The van der Waals surface area contributed by atoms with Crippen molar-refractivity contribution in [3.05, 3.63) is 176 Å². The second kappa shape index (κ2) is 9.94. The van der Waals surface area contributed by atoms with Crippen LogP contribution in [-0.4, -0.2) is 4.57 Å². The molecule has 1 aliphatic rings. The van der Waals surface area contributed by atoms with Crippen LogP contribution in [0, 0.1) is 0 Å². The molecule has 0 bridgehead atoms. The summed E-state index contributed by atoms with van der Waals surface area (Å²) >= 11 is 0. The van der Waals surface area contributed by atoms with Gasteiger partial charge in [-0.1, -0.05) is 164 Å². The fourth-order valence-corrected chi connectivity index (χ4v) is 9.47. The highest BCUT2D eigenvalue weighted by Crippen LogP contribution is 2.52. The molecule has 0 saturated heterocycles. The van der Waals surface area contributed by atoms with Crippen molar-refractivity contribution in [2.24, 2.45) is 0 Å². The Morgan fingerprint density at radius 1 is 0.275 bits per heavy atom.